The molecule has 0 unspecified atom stereocenters. The van der Waals surface area contributed by atoms with E-state index in [-0.39, 0.29) is 0 Å². The molecule has 0 saturated heterocycles. The lowest BCUT2D eigenvalue weighted by atomic mass is 10.2. The van der Waals surface area contributed by atoms with Gasteiger partial charge in [0.05, 0.1) is 15.7 Å². The highest BCUT2D eigenvalue weighted by Crippen LogP contribution is 2.34. The number of rotatable bonds is 2. The number of hydrogen-bond acceptors (Lipinski definition) is 3. The first-order valence-corrected chi connectivity index (χ1v) is 5.76. The summed E-state index contributed by atoms with van der Waals surface area (Å²) in [4.78, 5) is 4.22. The van der Waals surface area contributed by atoms with E-state index in [2.05, 4.69) is 10.3 Å². The van der Waals surface area contributed by atoms with Crippen molar-refractivity contribution < 1.29 is 0 Å². The lowest BCUT2D eigenvalue weighted by Crippen LogP contribution is -1.96. The maximum absolute atomic E-state index is 6.06. The van der Waals surface area contributed by atoms with Crippen LogP contribution in [0.5, 0.6) is 0 Å². The first kappa shape index (κ1) is 12.0. The van der Waals surface area contributed by atoms with Crippen LogP contribution in [-0.4, -0.2) is 4.98 Å². The van der Waals surface area contributed by atoms with Crippen LogP contribution >= 0.6 is 23.2 Å². The number of nitrogens with two attached hydrogens (primary N) is 1. The zero-order valence-electron chi connectivity index (χ0n) is 9.17. The van der Waals surface area contributed by atoms with Gasteiger partial charge in [-0.25, -0.2) is 4.98 Å². The van der Waals surface area contributed by atoms with Crippen LogP contribution in [0.25, 0.3) is 0 Å². The lowest BCUT2D eigenvalue weighted by molar-refractivity contribution is 1.26. The van der Waals surface area contributed by atoms with Crippen molar-refractivity contribution in [3.63, 3.8) is 0 Å². The molecule has 0 radical (unpaired) electrons. The van der Waals surface area contributed by atoms with Gasteiger partial charge in [0.2, 0.25) is 0 Å². The monoisotopic (exact) mass is 267 g/mol. The van der Waals surface area contributed by atoms with Gasteiger partial charge in [-0.3, -0.25) is 0 Å². The Labute approximate surface area is 110 Å². The highest BCUT2D eigenvalue weighted by Gasteiger charge is 2.07. The maximum Gasteiger partial charge on any atom is 0.130 e. The van der Waals surface area contributed by atoms with Crippen LogP contribution in [0.3, 0.4) is 0 Å². The van der Waals surface area contributed by atoms with Crippen molar-refractivity contribution in [2.24, 2.45) is 0 Å². The molecule has 1 heterocycles. The van der Waals surface area contributed by atoms with Crippen LogP contribution in [0.1, 0.15) is 5.56 Å². The Hall–Kier alpha value is -1.45. The Morgan fingerprint density at radius 1 is 1.18 bits per heavy atom. The summed E-state index contributed by atoms with van der Waals surface area (Å²) < 4.78 is 0. The number of aromatic nitrogens is 1. The molecule has 0 aliphatic rings. The second-order valence-corrected chi connectivity index (χ2v) is 4.52. The van der Waals surface area contributed by atoms with E-state index in [4.69, 9.17) is 28.9 Å². The summed E-state index contributed by atoms with van der Waals surface area (Å²) in [5.74, 6) is 0.684. The fourth-order valence-corrected chi connectivity index (χ4v) is 1.98. The second kappa shape index (κ2) is 4.82. The molecule has 0 aliphatic carbocycles. The Kier molecular flexibility index (Phi) is 3.41. The van der Waals surface area contributed by atoms with Crippen LogP contribution in [0.2, 0.25) is 10.0 Å². The quantitative estimate of drug-likeness (QED) is 0.808. The first-order chi connectivity index (χ1) is 8.06. The van der Waals surface area contributed by atoms with Crippen LogP contribution in [0.15, 0.2) is 30.5 Å². The molecule has 0 bridgehead atoms. The van der Waals surface area contributed by atoms with E-state index < -0.39 is 0 Å². The average Bonchev–Trinajstić information content (AvgIpc) is 2.26. The molecule has 0 amide bonds. The maximum atomic E-state index is 6.06. The third kappa shape index (κ3) is 2.81. The summed E-state index contributed by atoms with van der Waals surface area (Å²) in [6, 6.07) is 7.10. The Morgan fingerprint density at radius 3 is 2.35 bits per heavy atom. The number of nitrogens with one attached hydrogen (secondary N) is 1. The van der Waals surface area contributed by atoms with E-state index in [1.54, 1.807) is 18.3 Å². The molecular formula is C12H11Cl2N3. The molecule has 17 heavy (non-hydrogen) atoms. The van der Waals surface area contributed by atoms with Crippen LogP contribution in [0, 0.1) is 6.92 Å². The molecule has 0 spiro atoms. The average molecular weight is 268 g/mol. The van der Waals surface area contributed by atoms with Crippen LogP contribution < -0.4 is 11.1 Å². The van der Waals surface area contributed by atoms with E-state index in [0.717, 1.165) is 5.56 Å². The highest BCUT2D eigenvalue weighted by atomic mass is 35.5. The fraction of sp³-hybridized carbons (Fsp3) is 0.0833. The van der Waals surface area contributed by atoms with Gasteiger partial charge < -0.3 is 11.1 Å². The molecule has 88 valence electrons. The topological polar surface area (TPSA) is 50.9 Å². The van der Waals surface area contributed by atoms with Gasteiger partial charge in [0, 0.05) is 11.9 Å². The predicted octanol–water partition coefficient (Wildman–Crippen LogP) is 4.02. The van der Waals surface area contributed by atoms with Gasteiger partial charge in [-0.05, 0) is 30.7 Å². The summed E-state index contributed by atoms with van der Waals surface area (Å²) in [7, 11) is 0. The summed E-state index contributed by atoms with van der Waals surface area (Å²) >= 11 is 12.1. The SMILES string of the molecule is Cc1ccc(Nc2c(Cl)cc(N)cc2Cl)nc1. The molecular weight excluding hydrogens is 257 g/mol. The largest absolute Gasteiger partial charge is 0.399 e. The molecule has 0 saturated carbocycles. The second-order valence-electron chi connectivity index (χ2n) is 3.71. The highest BCUT2D eigenvalue weighted by molar-refractivity contribution is 6.39. The third-order valence-electron chi connectivity index (χ3n) is 2.23. The molecule has 2 rings (SSSR count). The minimum atomic E-state index is 0.470. The number of hydrogen-bond donors (Lipinski definition) is 2. The molecule has 3 N–H and O–H groups in total. The Bertz CT molecular complexity index is 515. The van der Waals surface area contributed by atoms with Gasteiger partial charge >= 0.3 is 0 Å². The van der Waals surface area contributed by atoms with Crippen molar-refractivity contribution in [1.82, 2.24) is 4.98 Å². The van der Waals surface area contributed by atoms with Crippen molar-refractivity contribution in [2.75, 3.05) is 11.1 Å². The van der Waals surface area contributed by atoms with Crippen molar-refractivity contribution in [3.05, 3.63) is 46.1 Å². The van der Waals surface area contributed by atoms with Crippen molar-refractivity contribution in [3.8, 4) is 0 Å². The minimum absolute atomic E-state index is 0.470. The number of pyridine rings is 1. The Balaban J connectivity index is 2.33. The van der Waals surface area contributed by atoms with Gasteiger partial charge in [0.25, 0.3) is 0 Å². The number of nitrogens with zero attached hydrogens (tertiary/aromatic N) is 1. The number of nitrogen functional groups attached to an aromatic ring is 1. The third-order valence-corrected chi connectivity index (χ3v) is 2.83. The van der Waals surface area contributed by atoms with E-state index >= 15 is 0 Å². The molecule has 5 heteroatoms. The van der Waals surface area contributed by atoms with Gasteiger partial charge in [0.15, 0.2) is 0 Å². The molecule has 3 nitrogen and oxygen atoms in total. The Morgan fingerprint density at radius 2 is 1.82 bits per heavy atom. The first-order valence-electron chi connectivity index (χ1n) is 5.00. The van der Waals surface area contributed by atoms with Crippen LogP contribution in [0.4, 0.5) is 17.2 Å². The zero-order chi connectivity index (χ0) is 12.4. The fourth-order valence-electron chi connectivity index (χ4n) is 1.38. The molecule has 2 aromatic rings. The van der Waals surface area contributed by atoms with Crippen molar-refractivity contribution in [2.45, 2.75) is 6.92 Å². The smallest absolute Gasteiger partial charge is 0.130 e. The summed E-state index contributed by atoms with van der Waals surface area (Å²) in [6.07, 6.45) is 1.77. The van der Waals surface area contributed by atoms with E-state index in [9.17, 15) is 0 Å². The summed E-state index contributed by atoms with van der Waals surface area (Å²) in [6.45, 7) is 1.97. The van der Waals surface area contributed by atoms with Gasteiger partial charge in [-0.1, -0.05) is 29.3 Å². The van der Waals surface area contributed by atoms with Crippen molar-refractivity contribution >= 4 is 40.4 Å². The normalized spacial score (nSPS) is 10.3. The predicted molar refractivity (Wildman–Crippen MR) is 73.1 cm³/mol. The zero-order valence-corrected chi connectivity index (χ0v) is 10.7. The standard InChI is InChI=1S/C12H11Cl2N3/c1-7-2-3-11(16-6-7)17-12-9(13)4-8(15)5-10(12)14/h2-6H,15H2,1H3,(H,16,17). The number of halogens is 2. The summed E-state index contributed by atoms with van der Waals surface area (Å²) in [5, 5.41) is 4.00. The lowest BCUT2D eigenvalue weighted by Gasteiger charge is -2.10. The van der Waals surface area contributed by atoms with E-state index in [0.29, 0.717) is 27.2 Å². The van der Waals surface area contributed by atoms with Gasteiger partial charge in [0.1, 0.15) is 5.82 Å². The summed E-state index contributed by atoms with van der Waals surface area (Å²) in [5.41, 5.74) is 7.86. The van der Waals surface area contributed by atoms with Gasteiger partial charge in [-0.15, -0.1) is 0 Å². The number of aryl methyl sites for hydroxylation is 1. The van der Waals surface area contributed by atoms with E-state index in [1.807, 2.05) is 19.1 Å². The number of anilines is 3. The van der Waals surface area contributed by atoms with Crippen LogP contribution in [-0.2, 0) is 0 Å². The molecule has 0 fully saturated rings. The molecule has 0 atom stereocenters. The molecule has 1 aromatic carbocycles. The molecule has 0 aliphatic heterocycles. The molecule has 1 aromatic heterocycles. The minimum Gasteiger partial charge on any atom is -0.399 e. The van der Waals surface area contributed by atoms with E-state index in [1.165, 1.54) is 0 Å². The van der Waals surface area contributed by atoms with Crippen molar-refractivity contribution in [1.29, 1.82) is 0 Å². The van der Waals surface area contributed by atoms with Gasteiger partial charge in [-0.2, -0.15) is 0 Å². The number of benzene rings is 1.